The highest BCUT2D eigenvalue weighted by Gasteiger charge is 2.19. The normalized spacial score (nSPS) is 11.4. The van der Waals surface area contributed by atoms with Gasteiger partial charge in [-0.3, -0.25) is 4.31 Å². The molecule has 0 unspecified atom stereocenters. The standard InChI is InChI=1S/C9H11ClFNO2S/c1-12(15(13,14)7-6-10)9-5-3-2-4-8(9)11/h2-5H,6-7H2,1H3. The summed E-state index contributed by atoms with van der Waals surface area (Å²) in [6, 6.07) is 5.69. The minimum Gasteiger partial charge on any atom is -0.270 e. The van der Waals surface area contributed by atoms with Crippen LogP contribution >= 0.6 is 11.6 Å². The minimum absolute atomic E-state index is 0.0128. The van der Waals surface area contributed by atoms with Gasteiger partial charge in [-0.25, -0.2) is 12.8 Å². The van der Waals surface area contributed by atoms with E-state index in [2.05, 4.69) is 0 Å². The number of alkyl halides is 1. The second-order valence-electron chi connectivity index (χ2n) is 2.92. The molecule has 84 valence electrons. The van der Waals surface area contributed by atoms with Crippen molar-refractivity contribution in [3.63, 3.8) is 0 Å². The van der Waals surface area contributed by atoms with Gasteiger partial charge in [-0.05, 0) is 12.1 Å². The van der Waals surface area contributed by atoms with Gasteiger partial charge in [-0.15, -0.1) is 11.6 Å². The van der Waals surface area contributed by atoms with Gasteiger partial charge in [0.1, 0.15) is 5.82 Å². The third-order valence-corrected chi connectivity index (χ3v) is 4.11. The second-order valence-corrected chi connectivity index (χ2v) is 5.42. The van der Waals surface area contributed by atoms with Gasteiger partial charge in [0, 0.05) is 12.9 Å². The fourth-order valence-corrected chi connectivity index (χ4v) is 2.59. The van der Waals surface area contributed by atoms with Gasteiger partial charge < -0.3 is 0 Å². The molecule has 3 nitrogen and oxygen atoms in total. The summed E-state index contributed by atoms with van der Waals surface area (Å²) in [5.74, 6) is -0.793. The van der Waals surface area contributed by atoms with E-state index < -0.39 is 15.8 Å². The Labute approximate surface area is 93.5 Å². The van der Waals surface area contributed by atoms with E-state index in [1.807, 2.05) is 0 Å². The smallest absolute Gasteiger partial charge is 0.236 e. The van der Waals surface area contributed by atoms with Crippen LogP contribution in [0.5, 0.6) is 0 Å². The number of para-hydroxylation sites is 1. The summed E-state index contributed by atoms with van der Waals surface area (Å²) in [6.07, 6.45) is 0. The van der Waals surface area contributed by atoms with Gasteiger partial charge in [-0.2, -0.15) is 0 Å². The molecule has 1 aromatic rings. The van der Waals surface area contributed by atoms with Crippen LogP contribution in [0.3, 0.4) is 0 Å². The van der Waals surface area contributed by atoms with Crippen LogP contribution in [0.2, 0.25) is 0 Å². The molecule has 0 fully saturated rings. The summed E-state index contributed by atoms with van der Waals surface area (Å²) in [5.41, 5.74) is 0.0302. The van der Waals surface area contributed by atoms with Gasteiger partial charge in [0.05, 0.1) is 11.4 Å². The van der Waals surface area contributed by atoms with E-state index in [9.17, 15) is 12.8 Å². The van der Waals surface area contributed by atoms with E-state index in [-0.39, 0.29) is 17.3 Å². The molecule has 0 spiro atoms. The number of hydrogen-bond acceptors (Lipinski definition) is 2. The average molecular weight is 252 g/mol. The molecule has 0 bridgehead atoms. The van der Waals surface area contributed by atoms with Gasteiger partial charge in [0.25, 0.3) is 0 Å². The zero-order valence-electron chi connectivity index (χ0n) is 8.15. The van der Waals surface area contributed by atoms with Crippen molar-refractivity contribution in [2.45, 2.75) is 0 Å². The summed E-state index contributed by atoms with van der Waals surface area (Å²) >= 11 is 5.36. The predicted octanol–water partition coefficient (Wildman–Crippen LogP) is 1.83. The fraction of sp³-hybridized carbons (Fsp3) is 0.333. The fourth-order valence-electron chi connectivity index (χ4n) is 1.09. The van der Waals surface area contributed by atoms with Crippen LogP contribution in [0.25, 0.3) is 0 Å². The first-order valence-electron chi connectivity index (χ1n) is 4.26. The van der Waals surface area contributed by atoms with Gasteiger partial charge >= 0.3 is 0 Å². The maximum absolute atomic E-state index is 13.3. The molecule has 0 heterocycles. The molecule has 0 aliphatic carbocycles. The predicted molar refractivity (Wildman–Crippen MR) is 59.3 cm³/mol. The number of nitrogens with zero attached hydrogens (tertiary/aromatic N) is 1. The van der Waals surface area contributed by atoms with Crippen molar-refractivity contribution >= 4 is 27.3 Å². The van der Waals surface area contributed by atoms with Crippen LogP contribution in [-0.4, -0.2) is 27.1 Å². The highest BCUT2D eigenvalue weighted by atomic mass is 35.5. The molecule has 0 saturated carbocycles. The average Bonchev–Trinajstić information content (AvgIpc) is 2.17. The Balaban J connectivity index is 3.05. The highest BCUT2D eigenvalue weighted by molar-refractivity contribution is 7.92. The van der Waals surface area contributed by atoms with Crippen molar-refractivity contribution in [1.82, 2.24) is 0 Å². The van der Waals surface area contributed by atoms with Gasteiger partial charge in [0.15, 0.2) is 0 Å². The van der Waals surface area contributed by atoms with E-state index in [1.54, 1.807) is 6.07 Å². The highest BCUT2D eigenvalue weighted by Crippen LogP contribution is 2.20. The molecule has 6 heteroatoms. The molecular formula is C9H11ClFNO2S. The summed E-state index contributed by atoms with van der Waals surface area (Å²) in [5, 5.41) is 0. The van der Waals surface area contributed by atoms with E-state index in [4.69, 9.17) is 11.6 Å². The van der Waals surface area contributed by atoms with E-state index in [0.29, 0.717) is 0 Å². The summed E-state index contributed by atoms with van der Waals surface area (Å²) in [4.78, 5) is 0. The molecular weight excluding hydrogens is 241 g/mol. The molecule has 0 aliphatic heterocycles. The second kappa shape index (κ2) is 4.81. The SMILES string of the molecule is CN(c1ccccc1F)S(=O)(=O)CCCl. The number of anilines is 1. The Morgan fingerprint density at radius 2 is 2.00 bits per heavy atom. The van der Waals surface area contributed by atoms with E-state index >= 15 is 0 Å². The number of rotatable bonds is 4. The lowest BCUT2D eigenvalue weighted by Gasteiger charge is -2.19. The van der Waals surface area contributed by atoms with Crippen molar-refractivity contribution in [1.29, 1.82) is 0 Å². The Kier molecular flexibility index (Phi) is 3.93. The molecule has 0 saturated heterocycles. The van der Waals surface area contributed by atoms with Gasteiger partial charge in [-0.1, -0.05) is 12.1 Å². The van der Waals surface area contributed by atoms with Crippen LogP contribution in [0.4, 0.5) is 10.1 Å². The lowest BCUT2D eigenvalue weighted by Crippen LogP contribution is -2.30. The maximum atomic E-state index is 13.3. The summed E-state index contributed by atoms with van der Waals surface area (Å²) < 4.78 is 37.3. The van der Waals surface area contributed by atoms with Crippen LogP contribution in [0.15, 0.2) is 24.3 Å². The first-order valence-corrected chi connectivity index (χ1v) is 6.40. The summed E-state index contributed by atoms with van der Waals surface area (Å²) in [7, 11) is -2.22. The number of sulfonamides is 1. The first-order chi connectivity index (χ1) is 6.99. The molecule has 0 aliphatic rings. The molecule has 0 atom stereocenters. The molecule has 1 rings (SSSR count). The monoisotopic (exact) mass is 251 g/mol. The minimum atomic E-state index is -3.52. The number of halogens is 2. The molecule has 0 radical (unpaired) electrons. The Morgan fingerprint density at radius 3 is 2.53 bits per heavy atom. The number of hydrogen-bond donors (Lipinski definition) is 0. The Hall–Kier alpha value is -0.810. The van der Waals surface area contributed by atoms with Crippen LogP contribution in [0.1, 0.15) is 0 Å². The third-order valence-electron chi connectivity index (χ3n) is 1.94. The lowest BCUT2D eigenvalue weighted by molar-refractivity contribution is 0.591. The van der Waals surface area contributed by atoms with Crippen molar-refractivity contribution in [3.8, 4) is 0 Å². The molecule has 1 aromatic carbocycles. The van der Waals surface area contributed by atoms with Crippen molar-refractivity contribution in [2.24, 2.45) is 0 Å². The zero-order chi connectivity index (χ0) is 11.5. The third kappa shape index (κ3) is 2.82. The summed E-state index contributed by atoms with van der Waals surface area (Å²) in [6.45, 7) is 0. The zero-order valence-corrected chi connectivity index (χ0v) is 9.72. The Bertz CT molecular complexity index is 435. The molecule has 0 N–H and O–H groups in total. The lowest BCUT2D eigenvalue weighted by atomic mass is 10.3. The number of benzene rings is 1. The molecule has 15 heavy (non-hydrogen) atoms. The Morgan fingerprint density at radius 1 is 1.40 bits per heavy atom. The largest absolute Gasteiger partial charge is 0.270 e. The first kappa shape index (κ1) is 12.3. The van der Waals surface area contributed by atoms with E-state index in [1.165, 1.54) is 25.2 Å². The van der Waals surface area contributed by atoms with E-state index in [0.717, 1.165) is 4.31 Å². The topological polar surface area (TPSA) is 37.4 Å². The van der Waals surface area contributed by atoms with Crippen LogP contribution in [0, 0.1) is 5.82 Å². The van der Waals surface area contributed by atoms with Gasteiger partial charge in [0.2, 0.25) is 10.0 Å². The molecule has 0 amide bonds. The quantitative estimate of drug-likeness (QED) is 0.766. The van der Waals surface area contributed by atoms with Crippen molar-refractivity contribution < 1.29 is 12.8 Å². The van der Waals surface area contributed by atoms with Crippen LogP contribution in [-0.2, 0) is 10.0 Å². The molecule has 0 aromatic heterocycles. The van der Waals surface area contributed by atoms with Crippen molar-refractivity contribution in [2.75, 3.05) is 23.0 Å². The maximum Gasteiger partial charge on any atom is 0.236 e. The van der Waals surface area contributed by atoms with Crippen molar-refractivity contribution in [3.05, 3.63) is 30.1 Å². The van der Waals surface area contributed by atoms with Crippen LogP contribution < -0.4 is 4.31 Å².